The Hall–Kier alpha value is -1.73. The van der Waals surface area contributed by atoms with Crippen LogP contribution in [0.15, 0.2) is 29.0 Å². The van der Waals surface area contributed by atoms with Gasteiger partial charge in [0.15, 0.2) is 5.82 Å². The lowest BCUT2D eigenvalue weighted by Gasteiger charge is -2.38. The van der Waals surface area contributed by atoms with Crippen LogP contribution in [0.5, 0.6) is 0 Å². The van der Waals surface area contributed by atoms with Crippen molar-refractivity contribution in [3.63, 3.8) is 0 Å². The van der Waals surface area contributed by atoms with E-state index in [4.69, 9.17) is 4.98 Å². The zero-order chi connectivity index (χ0) is 15.4. The van der Waals surface area contributed by atoms with Crippen molar-refractivity contribution in [2.75, 3.05) is 31.1 Å². The van der Waals surface area contributed by atoms with Crippen LogP contribution in [0.2, 0.25) is 0 Å². The molecule has 1 atom stereocenters. The predicted molar refractivity (Wildman–Crippen MR) is 92.8 cm³/mol. The Bertz CT molecular complexity index is 891. The van der Waals surface area contributed by atoms with Crippen LogP contribution in [-0.2, 0) is 0 Å². The summed E-state index contributed by atoms with van der Waals surface area (Å²) in [6.07, 6.45) is 4.39. The van der Waals surface area contributed by atoms with Crippen LogP contribution in [-0.4, -0.2) is 56.7 Å². The maximum absolute atomic E-state index is 4.92. The molecule has 2 fully saturated rings. The van der Waals surface area contributed by atoms with E-state index in [0.29, 0.717) is 6.04 Å². The van der Waals surface area contributed by atoms with E-state index >= 15 is 0 Å². The summed E-state index contributed by atoms with van der Waals surface area (Å²) in [5.41, 5.74) is 2.86. The van der Waals surface area contributed by atoms with E-state index in [-0.39, 0.29) is 0 Å². The molecule has 2 aliphatic heterocycles. The van der Waals surface area contributed by atoms with E-state index in [2.05, 4.69) is 42.0 Å². The number of halogens is 1. The number of hydrogen-bond acceptors (Lipinski definition) is 5. The average Bonchev–Trinajstić information content (AvgIpc) is 3.22. The lowest BCUT2D eigenvalue weighted by Crippen LogP contribution is -2.50. The maximum atomic E-state index is 4.92. The predicted octanol–water partition coefficient (Wildman–Crippen LogP) is 2.32. The van der Waals surface area contributed by atoms with Crippen molar-refractivity contribution in [1.29, 1.82) is 0 Å². The first kappa shape index (κ1) is 13.7. The molecule has 0 bridgehead atoms. The first-order valence-corrected chi connectivity index (χ1v) is 8.87. The summed E-state index contributed by atoms with van der Waals surface area (Å²) in [6.45, 7) is 4.41. The van der Waals surface area contributed by atoms with Gasteiger partial charge in [0.1, 0.15) is 6.33 Å². The van der Waals surface area contributed by atoms with Crippen molar-refractivity contribution in [2.45, 2.75) is 18.9 Å². The van der Waals surface area contributed by atoms with Crippen LogP contribution >= 0.6 is 15.9 Å². The normalized spacial score (nSPS) is 22.1. The van der Waals surface area contributed by atoms with Crippen LogP contribution in [0, 0.1) is 0 Å². The zero-order valence-corrected chi connectivity index (χ0v) is 14.3. The molecule has 2 aliphatic rings. The van der Waals surface area contributed by atoms with Gasteiger partial charge in [-0.2, -0.15) is 0 Å². The fourth-order valence-corrected chi connectivity index (χ4v) is 4.26. The molecule has 4 heterocycles. The van der Waals surface area contributed by atoms with E-state index in [1.54, 1.807) is 6.33 Å². The van der Waals surface area contributed by atoms with Crippen LogP contribution < -0.4 is 4.90 Å². The van der Waals surface area contributed by atoms with Gasteiger partial charge in [-0.05, 0) is 37.6 Å². The van der Waals surface area contributed by atoms with Crippen LogP contribution in [0.3, 0.4) is 0 Å². The number of anilines is 1. The highest BCUT2D eigenvalue weighted by atomic mass is 79.9. The molecular weight excluding hydrogens is 356 g/mol. The highest BCUT2D eigenvalue weighted by molar-refractivity contribution is 9.10. The standard InChI is InChI=1S/C16H17BrN6/c17-11-3-4-13-14(8-11)23-10-18-20-16(23)15(19-13)22-7-6-21-5-1-2-12(21)9-22/h3-4,8,10,12H,1-2,5-7,9H2. The summed E-state index contributed by atoms with van der Waals surface area (Å²) in [5.74, 6) is 0.962. The molecule has 1 unspecified atom stereocenters. The van der Waals surface area contributed by atoms with Crippen LogP contribution in [0.1, 0.15) is 12.8 Å². The molecule has 0 saturated carbocycles. The van der Waals surface area contributed by atoms with Gasteiger partial charge in [-0.1, -0.05) is 15.9 Å². The van der Waals surface area contributed by atoms with Crippen LogP contribution in [0.4, 0.5) is 5.82 Å². The Kier molecular flexibility index (Phi) is 3.06. The van der Waals surface area contributed by atoms with Gasteiger partial charge in [0.25, 0.3) is 0 Å². The number of aromatic nitrogens is 4. The third kappa shape index (κ3) is 2.14. The van der Waals surface area contributed by atoms with Crippen molar-refractivity contribution in [1.82, 2.24) is 24.5 Å². The van der Waals surface area contributed by atoms with E-state index < -0.39 is 0 Å². The van der Waals surface area contributed by atoms with E-state index in [1.165, 1.54) is 19.4 Å². The Morgan fingerprint density at radius 2 is 2.13 bits per heavy atom. The second kappa shape index (κ2) is 5.14. The Morgan fingerprint density at radius 3 is 3.09 bits per heavy atom. The highest BCUT2D eigenvalue weighted by Gasteiger charge is 2.32. The van der Waals surface area contributed by atoms with Gasteiger partial charge in [0.2, 0.25) is 5.65 Å². The van der Waals surface area contributed by atoms with Gasteiger partial charge in [-0.3, -0.25) is 9.30 Å². The minimum Gasteiger partial charge on any atom is -0.351 e. The van der Waals surface area contributed by atoms with E-state index in [9.17, 15) is 0 Å². The van der Waals surface area contributed by atoms with Crippen molar-refractivity contribution >= 4 is 38.4 Å². The molecule has 118 valence electrons. The number of piperazine rings is 1. The molecule has 1 aromatic carbocycles. The summed E-state index contributed by atoms with van der Waals surface area (Å²) < 4.78 is 3.08. The third-order valence-corrected chi connectivity index (χ3v) is 5.55. The second-order valence-corrected chi connectivity index (χ2v) is 7.29. The third-order valence-electron chi connectivity index (χ3n) is 5.06. The molecule has 0 spiro atoms. The molecule has 2 saturated heterocycles. The summed E-state index contributed by atoms with van der Waals surface area (Å²) >= 11 is 3.53. The Morgan fingerprint density at radius 1 is 1.17 bits per heavy atom. The van der Waals surface area contributed by atoms with Crippen molar-refractivity contribution < 1.29 is 0 Å². The maximum Gasteiger partial charge on any atom is 0.204 e. The highest BCUT2D eigenvalue weighted by Crippen LogP contribution is 2.29. The molecule has 0 N–H and O–H groups in total. The minimum atomic E-state index is 0.661. The molecular formula is C16H17BrN6. The Labute approximate surface area is 142 Å². The topological polar surface area (TPSA) is 49.6 Å². The molecule has 23 heavy (non-hydrogen) atoms. The first-order chi connectivity index (χ1) is 11.3. The van der Waals surface area contributed by atoms with Gasteiger partial charge in [-0.25, -0.2) is 4.98 Å². The summed E-state index contributed by atoms with van der Waals surface area (Å²) in [7, 11) is 0. The molecule has 0 amide bonds. The number of hydrogen-bond donors (Lipinski definition) is 0. The molecule has 0 aliphatic carbocycles. The monoisotopic (exact) mass is 372 g/mol. The number of rotatable bonds is 1. The zero-order valence-electron chi connectivity index (χ0n) is 12.7. The van der Waals surface area contributed by atoms with Crippen molar-refractivity contribution in [3.8, 4) is 0 Å². The van der Waals surface area contributed by atoms with E-state index in [1.807, 2.05) is 16.5 Å². The second-order valence-electron chi connectivity index (χ2n) is 6.37. The van der Waals surface area contributed by atoms with E-state index in [0.717, 1.165) is 46.6 Å². The molecule has 2 aromatic heterocycles. The van der Waals surface area contributed by atoms with Gasteiger partial charge >= 0.3 is 0 Å². The Balaban J connectivity index is 1.65. The fourth-order valence-electron chi connectivity index (χ4n) is 3.91. The summed E-state index contributed by atoms with van der Waals surface area (Å²) in [5, 5.41) is 8.46. The van der Waals surface area contributed by atoms with Gasteiger partial charge in [0.05, 0.1) is 11.0 Å². The fraction of sp³-hybridized carbons (Fsp3) is 0.438. The summed E-state index contributed by atoms with van der Waals surface area (Å²) in [4.78, 5) is 9.91. The van der Waals surface area contributed by atoms with Crippen LogP contribution in [0.25, 0.3) is 16.7 Å². The van der Waals surface area contributed by atoms with Gasteiger partial charge in [0, 0.05) is 30.1 Å². The summed E-state index contributed by atoms with van der Waals surface area (Å²) in [6, 6.07) is 6.81. The minimum absolute atomic E-state index is 0.661. The molecule has 5 rings (SSSR count). The van der Waals surface area contributed by atoms with Gasteiger partial charge < -0.3 is 4.90 Å². The SMILES string of the molecule is Brc1ccc2nc(N3CCN4CCCC4C3)c3nncn3c2c1. The number of nitrogens with zero attached hydrogens (tertiary/aromatic N) is 6. The quantitative estimate of drug-likeness (QED) is 0.655. The average molecular weight is 373 g/mol. The molecule has 3 aromatic rings. The molecule has 6 nitrogen and oxygen atoms in total. The van der Waals surface area contributed by atoms with Crippen molar-refractivity contribution in [2.24, 2.45) is 0 Å². The lowest BCUT2D eigenvalue weighted by molar-refractivity contribution is 0.230. The van der Waals surface area contributed by atoms with Gasteiger partial charge in [-0.15, -0.1) is 10.2 Å². The first-order valence-electron chi connectivity index (χ1n) is 8.07. The molecule has 7 heteroatoms. The lowest BCUT2D eigenvalue weighted by atomic mass is 10.1. The number of benzene rings is 1. The molecule has 0 radical (unpaired) electrons. The van der Waals surface area contributed by atoms with Crippen molar-refractivity contribution in [3.05, 3.63) is 29.0 Å². The smallest absolute Gasteiger partial charge is 0.204 e. The largest absolute Gasteiger partial charge is 0.351 e. The number of fused-ring (bicyclic) bond motifs is 4.